The van der Waals surface area contributed by atoms with E-state index in [1.807, 2.05) is 6.92 Å². The van der Waals surface area contributed by atoms with Crippen LogP contribution in [0.1, 0.15) is 23.2 Å². The summed E-state index contributed by atoms with van der Waals surface area (Å²) in [4.78, 5) is 21.7. The van der Waals surface area contributed by atoms with E-state index < -0.39 is 0 Å². The lowest BCUT2D eigenvalue weighted by Gasteiger charge is -1.99. The Bertz CT molecular complexity index is 569. The van der Waals surface area contributed by atoms with Gasteiger partial charge < -0.3 is 4.42 Å². The number of carbonyl (C=O) groups is 1. The van der Waals surface area contributed by atoms with E-state index in [2.05, 4.69) is 10.2 Å². The smallest absolute Gasteiger partial charge is 0.343 e. The second-order valence-corrected chi connectivity index (χ2v) is 4.21. The maximum atomic E-state index is 11.3. The number of carbonyl (C=O) groups excluding carboxylic acids is 1. The normalized spacial score (nSPS) is 10.6. The van der Waals surface area contributed by atoms with Gasteiger partial charge in [0, 0.05) is 6.54 Å². The molecule has 0 saturated heterocycles. The Morgan fingerprint density at radius 3 is 3.06 bits per heavy atom. The van der Waals surface area contributed by atoms with Gasteiger partial charge in [0.1, 0.15) is 5.76 Å². The zero-order chi connectivity index (χ0) is 12.3. The van der Waals surface area contributed by atoms with Gasteiger partial charge in [0.25, 0.3) is 0 Å². The van der Waals surface area contributed by atoms with Crippen molar-refractivity contribution >= 4 is 18.0 Å². The number of H-pyrrole nitrogens is 1. The molecule has 17 heavy (non-hydrogen) atoms. The highest BCUT2D eigenvalue weighted by atomic mass is 32.2. The molecule has 0 aromatic carbocycles. The van der Waals surface area contributed by atoms with Crippen LogP contribution in [0.15, 0.2) is 26.5 Å². The molecule has 6 nitrogen and oxygen atoms in total. The van der Waals surface area contributed by atoms with Crippen molar-refractivity contribution in [1.29, 1.82) is 0 Å². The van der Waals surface area contributed by atoms with Gasteiger partial charge in [0.15, 0.2) is 17.2 Å². The van der Waals surface area contributed by atoms with Gasteiger partial charge >= 0.3 is 5.69 Å². The molecule has 0 saturated carbocycles. The number of nitrogens with zero attached hydrogens (tertiary/aromatic N) is 2. The standard InChI is InChI=1S/C10H11N3O3S/c1-2-13-9(15)11-12-10(13)17-6-8-4-3-7(5-14)16-8/h3-5H,2,6H2,1H3,(H,11,15). The maximum Gasteiger partial charge on any atom is 0.343 e. The average molecular weight is 253 g/mol. The molecule has 2 aromatic heterocycles. The van der Waals surface area contributed by atoms with Gasteiger partial charge in [-0.3, -0.25) is 9.36 Å². The molecule has 0 aliphatic rings. The van der Waals surface area contributed by atoms with Crippen LogP contribution in [0.3, 0.4) is 0 Å². The molecule has 1 N–H and O–H groups in total. The van der Waals surface area contributed by atoms with E-state index in [1.54, 1.807) is 12.1 Å². The number of furan rings is 1. The van der Waals surface area contributed by atoms with E-state index in [4.69, 9.17) is 4.42 Å². The minimum Gasteiger partial charge on any atom is -0.457 e. The van der Waals surface area contributed by atoms with Crippen LogP contribution in [0.2, 0.25) is 0 Å². The van der Waals surface area contributed by atoms with E-state index in [9.17, 15) is 9.59 Å². The van der Waals surface area contributed by atoms with Crippen LogP contribution >= 0.6 is 11.8 Å². The fraction of sp³-hybridized carbons (Fsp3) is 0.300. The molecule has 0 aliphatic carbocycles. The first-order valence-corrected chi connectivity index (χ1v) is 6.05. The van der Waals surface area contributed by atoms with Gasteiger partial charge in [-0.2, -0.15) is 0 Å². The third-order valence-corrected chi connectivity index (χ3v) is 3.18. The van der Waals surface area contributed by atoms with Crippen molar-refractivity contribution in [2.24, 2.45) is 0 Å². The van der Waals surface area contributed by atoms with Crippen LogP contribution in [0.5, 0.6) is 0 Å². The highest BCUT2D eigenvalue weighted by Gasteiger charge is 2.08. The van der Waals surface area contributed by atoms with Gasteiger partial charge in [-0.25, -0.2) is 9.89 Å². The van der Waals surface area contributed by atoms with Gasteiger partial charge in [0.2, 0.25) is 0 Å². The van der Waals surface area contributed by atoms with E-state index in [-0.39, 0.29) is 5.69 Å². The summed E-state index contributed by atoms with van der Waals surface area (Å²) in [6.45, 7) is 2.44. The Labute approximate surface area is 101 Å². The summed E-state index contributed by atoms with van der Waals surface area (Å²) in [5.41, 5.74) is -0.219. The fourth-order valence-corrected chi connectivity index (χ4v) is 2.27. The minimum absolute atomic E-state index is 0.219. The van der Waals surface area contributed by atoms with Gasteiger partial charge in [0.05, 0.1) is 5.75 Å². The Hall–Kier alpha value is -1.76. The predicted octanol–water partition coefficient (Wildman–Crippen LogP) is 1.29. The highest BCUT2D eigenvalue weighted by Crippen LogP contribution is 2.20. The number of thioether (sulfide) groups is 1. The molecule has 2 aromatic rings. The highest BCUT2D eigenvalue weighted by molar-refractivity contribution is 7.98. The number of aromatic amines is 1. The van der Waals surface area contributed by atoms with E-state index >= 15 is 0 Å². The van der Waals surface area contributed by atoms with Crippen molar-refractivity contribution in [3.8, 4) is 0 Å². The summed E-state index contributed by atoms with van der Waals surface area (Å²) >= 11 is 1.38. The molecule has 0 amide bonds. The topological polar surface area (TPSA) is 80.9 Å². The summed E-state index contributed by atoms with van der Waals surface area (Å²) in [5.74, 6) is 1.50. The molecule has 0 unspecified atom stereocenters. The number of hydrogen-bond donors (Lipinski definition) is 1. The van der Waals surface area contributed by atoms with Crippen molar-refractivity contribution in [2.75, 3.05) is 0 Å². The van der Waals surface area contributed by atoms with Gasteiger partial charge in [-0.15, -0.1) is 5.10 Å². The Kier molecular flexibility index (Phi) is 3.48. The number of aromatic nitrogens is 3. The lowest BCUT2D eigenvalue weighted by molar-refractivity contribution is 0.109. The quantitative estimate of drug-likeness (QED) is 0.641. The Morgan fingerprint density at radius 2 is 2.41 bits per heavy atom. The molecule has 7 heteroatoms. The molecular formula is C10H11N3O3S. The molecule has 0 atom stereocenters. The first kappa shape index (κ1) is 11.7. The van der Waals surface area contributed by atoms with Crippen molar-refractivity contribution in [2.45, 2.75) is 24.4 Å². The van der Waals surface area contributed by atoms with Crippen LogP contribution in [-0.2, 0) is 12.3 Å². The second-order valence-electron chi connectivity index (χ2n) is 3.27. The van der Waals surface area contributed by atoms with Crippen molar-refractivity contribution in [1.82, 2.24) is 14.8 Å². The SMILES string of the molecule is CCn1c(SCc2ccc(C=O)o2)n[nH]c1=O. The lowest BCUT2D eigenvalue weighted by Crippen LogP contribution is -2.16. The van der Waals surface area contributed by atoms with Crippen molar-refractivity contribution < 1.29 is 9.21 Å². The zero-order valence-electron chi connectivity index (χ0n) is 9.17. The van der Waals surface area contributed by atoms with Crippen molar-refractivity contribution in [3.05, 3.63) is 34.1 Å². The number of hydrogen-bond acceptors (Lipinski definition) is 5. The molecule has 0 spiro atoms. The molecule has 0 fully saturated rings. The zero-order valence-corrected chi connectivity index (χ0v) is 9.99. The summed E-state index contributed by atoms with van der Waals surface area (Å²) < 4.78 is 6.76. The Balaban J connectivity index is 2.06. The summed E-state index contributed by atoms with van der Waals surface area (Å²) in [5, 5.41) is 6.91. The third-order valence-electron chi connectivity index (χ3n) is 2.18. The maximum absolute atomic E-state index is 11.3. The monoisotopic (exact) mass is 253 g/mol. The molecule has 0 radical (unpaired) electrons. The van der Waals surface area contributed by atoms with Crippen molar-refractivity contribution in [3.63, 3.8) is 0 Å². The third kappa shape index (κ3) is 2.50. The first-order chi connectivity index (χ1) is 8.24. The van der Waals surface area contributed by atoms with E-state index in [0.717, 1.165) is 0 Å². The van der Waals surface area contributed by atoms with E-state index in [0.29, 0.717) is 35.3 Å². The summed E-state index contributed by atoms with van der Waals surface area (Å²) in [6, 6.07) is 3.35. The average Bonchev–Trinajstić information content (AvgIpc) is 2.92. The largest absolute Gasteiger partial charge is 0.457 e. The Morgan fingerprint density at radius 1 is 1.59 bits per heavy atom. The summed E-state index contributed by atoms with van der Waals surface area (Å²) in [7, 11) is 0. The van der Waals surface area contributed by atoms with E-state index in [1.165, 1.54) is 16.3 Å². The van der Waals surface area contributed by atoms with Crippen LogP contribution in [0.4, 0.5) is 0 Å². The summed E-state index contributed by atoms with van der Waals surface area (Å²) in [6.07, 6.45) is 0.657. The van der Waals surface area contributed by atoms with Crippen LogP contribution < -0.4 is 5.69 Å². The second kappa shape index (κ2) is 5.05. The molecule has 90 valence electrons. The number of nitrogens with one attached hydrogen (secondary N) is 1. The molecule has 2 rings (SSSR count). The van der Waals surface area contributed by atoms with Crippen LogP contribution in [0.25, 0.3) is 0 Å². The first-order valence-electron chi connectivity index (χ1n) is 5.06. The molecule has 0 aliphatic heterocycles. The number of rotatable bonds is 5. The van der Waals surface area contributed by atoms with Crippen LogP contribution in [-0.4, -0.2) is 21.1 Å². The fourth-order valence-electron chi connectivity index (χ4n) is 1.36. The minimum atomic E-state index is -0.219. The van der Waals surface area contributed by atoms with Crippen LogP contribution in [0, 0.1) is 0 Å². The van der Waals surface area contributed by atoms with Gasteiger partial charge in [-0.1, -0.05) is 11.8 Å². The lowest BCUT2D eigenvalue weighted by atomic mass is 10.4. The molecule has 2 heterocycles. The molecular weight excluding hydrogens is 242 g/mol. The molecule has 0 bridgehead atoms. The number of aldehydes is 1. The predicted molar refractivity (Wildman–Crippen MR) is 62.2 cm³/mol. The van der Waals surface area contributed by atoms with Gasteiger partial charge in [-0.05, 0) is 19.1 Å².